The van der Waals surface area contributed by atoms with E-state index in [1.807, 2.05) is 11.8 Å². The number of hydrogen-bond donors (Lipinski definition) is 3. The van der Waals surface area contributed by atoms with E-state index in [4.69, 9.17) is 5.73 Å². The van der Waals surface area contributed by atoms with Gasteiger partial charge in [-0.05, 0) is 6.92 Å². The van der Waals surface area contributed by atoms with Crippen LogP contribution in [0, 0.1) is 0 Å². The molecule has 0 aromatic rings. The summed E-state index contributed by atoms with van der Waals surface area (Å²) < 4.78 is 0. The molecule has 2 aliphatic rings. The average molecular weight is 231 g/mol. The van der Waals surface area contributed by atoms with Crippen molar-refractivity contribution < 1.29 is 9.90 Å². The maximum absolute atomic E-state index is 11.7. The van der Waals surface area contributed by atoms with Crippen LogP contribution in [0.4, 0.5) is 0 Å². The zero-order valence-corrected chi connectivity index (χ0v) is 9.59. The summed E-state index contributed by atoms with van der Waals surface area (Å²) in [4.78, 5) is 13.5. The van der Waals surface area contributed by atoms with Gasteiger partial charge in [-0.3, -0.25) is 10.1 Å². The first-order chi connectivity index (χ1) is 7.04. The van der Waals surface area contributed by atoms with Gasteiger partial charge in [-0.1, -0.05) is 0 Å². The highest BCUT2D eigenvalue weighted by Crippen LogP contribution is 2.36. The van der Waals surface area contributed by atoms with Crippen molar-refractivity contribution in [2.24, 2.45) is 5.73 Å². The molecule has 2 saturated heterocycles. The van der Waals surface area contributed by atoms with Crippen molar-refractivity contribution in [3.63, 3.8) is 0 Å². The molecule has 1 spiro atoms. The predicted molar refractivity (Wildman–Crippen MR) is 59.4 cm³/mol. The van der Waals surface area contributed by atoms with Crippen molar-refractivity contribution in [1.29, 1.82) is 0 Å². The predicted octanol–water partition coefficient (Wildman–Crippen LogP) is -1.43. The molecule has 0 aromatic carbocycles. The third kappa shape index (κ3) is 1.99. The van der Waals surface area contributed by atoms with Gasteiger partial charge in [0, 0.05) is 12.3 Å². The Morgan fingerprint density at radius 2 is 2.33 bits per heavy atom. The number of hydrogen-bond acceptors (Lipinski definition) is 5. The van der Waals surface area contributed by atoms with E-state index in [1.54, 1.807) is 11.8 Å². The fourth-order valence-electron chi connectivity index (χ4n) is 1.92. The standard InChI is InChI=1S/C9H17N3O2S/c1-6(13)7(10)8(14)12-4-9(5-12)11-2-3-15-9/h6-7,11,13H,2-5,10H2,1H3. The van der Waals surface area contributed by atoms with E-state index in [0.29, 0.717) is 13.1 Å². The Labute approximate surface area is 93.4 Å². The number of thioether (sulfide) groups is 1. The zero-order chi connectivity index (χ0) is 11.1. The number of aliphatic hydroxyl groups is 1. The lowest BCUT2D eigenvalue weighted by Crippen LogP contribution is -2.69. The molecule has 0 aliphatic carbocycles. The molecule has 0 aromatic heterocycles. The van der Waals surface area contributed by atoms with Gasteiger partial charge in [0.15, 0.2) is 0 Å². The van der Waals surface area contributed by atoms with Crippen LogP contribution in [-0.2, 0) is 4.79 Å². The van der Waals surface area contributed by atoms with E-state index >= 15 is 0 Å². The van der Waals surface area contributed by atoms with Gasteiger partial charge < -0.3 is 15.7 Å². The first-order valence-electron chi connectivity index (χ1n) is 5.15. The normalized spacial score (nSPS) is 27.5. The lowest BCUT2D eigenvalue weighted by molar-refractivity contribution is -0.140. The molecule has 4 N–H and O–H groups in total. The van der Waals surface area contributed by atoms with Crippen LogP contribution >= 0.6 is 11.8 Å². The van der Waals surface area contributed by atoms with Crippen molar-refractivity contribution in [2.45, 2.75) is 23.9 Å². The van der Waals surface area contributed by atoms with Gasteiger partial charge in [-0.15, -0.1) is 11.8 Å². The summed E-state index contributed by atoms with van der Waals surface area (Å²) in [6.45, 7) is 3.96. The molecule has 2 unspecified atom stereocenters. The monoisotopic (exact) mass is 231 g/mol. The van der Waals surface area contributed by atoms with E-state index < -0.39 is 12.1 Å². The van der Waals surface area contributed by atoms with Crippen LogP contribution in [0.2, 0.25) is 0 Å². The summed E-state index contributed by atoms with van der Waals surface area (Å²) in [6, 6.07) is -0.784. The van der Waals surface area contributed by atoms with Crippen LogP contribution in [0.1, 0.15) is 6.92 Å². The minimum atomic E-state index is -0.784. The minimum Gasteiger partial charge on any atom is -0.391 e. The number of amides is 1. The van der Waals surface area contributed by atoms with Crippen molar-refractivity contribution in [1.82, 2.24) is 10.2 Å². The third-order valence-electron chi connectivity index (χ3n) is 2.94. The summed E-state index contributed by atoms with van der Waals surface area (Å²) in [5, 5.41) is 12.6. The number of nitrogens with one attached hydrogen (secondary N) is 1. The number of nitrogens with zero attached hydrogens (tertiary/aromatic N) is 1. The van der Waals surface area contributed by atoms with Gasteiger partial charge in [0.05, 0.1) is 19.2 Å². The SMILES string of the molecule is CC(O)C(N)C(=O)N1CC2(C1)NCCS2. The molecule has 6 heteroatoms. The Hall–Kier alpha value is -0.300. The second-order valence-electron chi connectivity index (χ2n) is 4.23. The molecular formula is C9H17N3O2S. The lowest BCUT2D eigenvalue weighted by Gasteiger charge is -2.48. The number of rotatable bonds is 2. The molecule has 15 heavy (non-hydrogen) atoms. The Bertz CT molecular complexity index is 258. The highest BCUT2D eigenvalue weighted by atomic mass is 32.2. The minimum absolute atomic E-state index is 0.0775. The van der Waals surface area contributed by atoms with Crippen LogP contribution < -0.4 is 11.1 Å². The Kier molecular flexibility index (Phi) is 2.94. The number of carbonyl (C=O) groups is 1. The Morgan fingerprint density at radius 3 is 2.80 bits per heavy atom. The van der Waals surface area contributed by atoms with Crippen LogP contribution in [0.15, 0.2) is 0 Å². The Morgan fingerprint density at radius 1 is 1.67 bits per heavy atom. The molecule has 2 aliphatic heterocycles. The molecule has 0 saturated carbocycles. The van der Waals surface area contributed by atoms with Crippen molar-refractivity contribution in [3.8, 4) is 0 Å². The van der Waals surface area contributed by atoms with Gasteiger partial charge in [0.1, 0.15) is 10.9 Å². The summed E-state index contributed by atoms with van der Waals surface area (Å²) in [7, 11) is 0. The lowest BCUT2D eigenvalue weighted by atomic mass is 10.0. The third-order valence-corrected chi connectivity index (χ3v) is 4.30. The van der Waals surface area contributed by atoms with Gasteiger partial charge in [0.25, 0.3) is 0 Å². The molecule has 2 fully saturated rings. The summed E-state index contributed by atoms with van der Waals surface area (Å²) >= 11 is 1.86. The highest BCUT2D eigenvalue weighted by molar-refractivity contribution is 8.01. The van der Waals surface area contributed by atoms with Gasteiger partial charge in [0.2, 0.25) is 5.91 Å². The number of nitrogens with two attached hydrogens (primary N) is 1. The van der Waals surface area contributed by atoms with Crippen molar-refractivity contribution in [3.05, 3.63) is 0 Å². The first-order valence-corrected chi connectivity index (χ1v) is 6.14. The smallest absolute Gasteiger partial charge is 0.242 e. The van der Waals surface area contributed by atoms with Crippen LogP contribution in [0.25, 0.3) is 0 Å². The molecule has 2 atom stereocenters. The summed E-state index contributed by atoms with van der Waals surface area (Å²) in [5.41, 5.74) is 5.59. The fraction of sp³-hybridized carbons (Fsp3) is 0.889. The molecule has 5 nitrogen and oxygen atoms in total. The number of likely N-dealkylation sites (tertiary alicyclic amines) is 1. The van der Waals surface area contributed by atoms with E-state index in [-0.39, 0.29) is 10.8 Å². The van der Waals surface area contributed by atoms with Crippen LogP contribution in [0.5, 0.6) is 0 Å². The van der Waals surface area contributed by atoms with Gasteiger partial charge in [-0.25, -0.2) is 0 Å². The zero-order valence-electron chi connectivity index (χ0n) is 8.77. The molecule has 0 bridgehead atoms. The largest absolute Gasteiger partial charge is 0.391 e. The maximum Gasteiger partial charge on any atom is 0.242 e. The average Bonchev–Trinajstić information content (AvgIpc) is 2.61. The van der Waals surface area contributed by atoms with Crippen molar-refractivity contribution in [2.75, 3.05) is 25.4 Å². The fourth-order valence-corrected chi connectivity index (χ4v) is 3.22. The van der Waals surface area contributed by atoms with Crippen LogP contribution in [-0.4, -0.2) is 58.3 Å². The maximum atomic E-state index is 11.7. The van der Waals surface area contributed by atoms with Gasteiger partial charge >= 0.3 is 0 Å². The first kappa shape index (κ1) is 11.2. The molecular weight excluding hydrogens is 214 g/mol. The molecule has 2 heterocycles. The second-order valence-corrected chi connectivity index (χ2v) is 5.71. The quantitative estimate of drug-likeness (QED) is 0.543. The van der Waals surface area contributed by atoms with Gasteiger partial charge in [-0.2, -0.15) is 0 Å². The van der Waals surface area contributed by atoms with Crippen molar-refractivity contribution >= 4 is 17.7 Å². The van der Waals surface area contributed by atoms with Crippen LogP contribution in [0.3, 0.4) is 0 Å². The topological polar surface area (TPSA) is 78.6 Å². The summed E-state index contributed by atoms with van der Waals surface area (Å²) in [6.07, 6.45) is -0.779. The Balaban J connectivity index is 1.86. The van der Waals surface area contributed by atoms with E-state index in [0.717, 1.165) is 12.3 Å². The number of carbonyl (C=O) groups excluding carboxylic acids is 1. The van der Waals surface area contributed by atoms with E-state index in [2.05, 4.69) is 5.32 Å². The second kappa shape index (κ2) is 3.93. The molecule has 0 radical (unpaired) electrons. The molecule has 86 valence electrons. The van der Waals surface area contributed by atoms with E-state index in [1.165, 1.54) is 0 Å². The molecule has 1 amide bonds. The summed E-state index contributed by atoms with van der Waals surface area (Å²) in [5.74, 6) is 0.953. The highest BCUT2D eigenvalue weighted by Gasteiger charge is 2.48. The molecule has 2 rings (SSSR count). The number of aliphatic hydroxyl groups excluding tert-OH is 1. The van der Waals surface area contributed by atoms with E-state index in [9.17, 15) is 9.90 Å².